The standard InChI is InChI=1S/C12H13N5O2/c1-3-7-19-12(18)11-9(2)17(16-15-11)8-10-13-5-4-6-14-10/h3-6H,1,7-8H2,2H3. The van der Waals surface area contributed by atoms with Crippen LogP contribution in [0.1, 0.15) is 22.0 Å². The van der Waals surface area contributed by atoms with E-state index in [1.165, 1.54) is 6.08 Å². The van der Waals surface area contributed by atoms with Crippen LogP contribution in [0.4, 0.5) is 0 Å². The normalized spacial score (nSPS) is 10.2. The SMILES string of the molecule is C=CCOC(=O)c1nnn(Cc2ncccn2)c1C. The minimum absolute atomic E-state index is 0.146. The minimum atomic E-state index is -0.516. The molecule has 2 aromatic rings. The molecule has 0 saturated carbocycles. The van der Waals surface area contributed by atoms with Crippen molar-refractivity contribution in [2.45, 2.75) is 13.5 Å². The lowest BCUT2D eigenvalue weighted by atomic mass is 10.3. The molecular formula is C12H13N5O2. The fourth-order valence-corrected chi connectivity index (χ4v) is 1.45. The number of hydrogen-bond acceptors (Lipinski definition) is 6. The van der Waals surface area contributed by atoms with E-state index in [-0.39, 0.29) is 12.3 Å². The number of hydrogen-bond donors (Lipinski definition) is 0. The molecule has 2 rings (SSSR count). The van der Waals surface area contributed by atoms with Crippen molar-refractivity contribution in [1.82, 2.24) is 25.0 Å². The third kappa shape index (κ3) is 3.01. The van der Waals surface area contributed by atoms with Gasteiger partial charge in [-0.05, 0) is 13.0 Å². The summed E-state index contributed by atoms with van der Waals surface area (Å²) in [5, 5.41) is 7.71. The van der Waals surface area contributed by atoms with Crippen molar-refractivity contribution < 1.29 is 9.53 Å². The number of ether oxygens (including phenoxy) is 1. The molecule has 0 unspecified atom stereocenters. The lowest BCUT2D eigenvalue weighted by molar-refractivity contribution is 0.0542. The van der Waals surface area contributed by atoms with Crippen LogP contribution in [0.5, 0.6) is 0 Å². The van der Waals surface area contributed by atoms with Gasteiger partial charge < -0.3 is 4.74 Å². The van der Waals surface area contributed by atoms with Crippen LogP contribution in [-0.2, 0) is 11.3 Å². The number of aromatic nitrogens is 5. The summed E-state index contributed by atoms with van der Waals surface area (Å²) in [6.45, 7) is 5.72. The van der Waals surface area contributed by atoms with Gasteiger partial charge in [-0.3, -0.25) is 0 Å². The number of carbonyl (C=O) groups excluding carboxylic acids is 1. The summed E-state index contributed by atoms with van der Waals surface area (Å²) in [5.74, 6) is 0.0825. The van der Waals surface area contributed by atoms with Gasteiger partial charge in [-0.15, -0.1) is 5.10 Å². The van der Waals surface area contributed by atoms with Crippen molar-refractivity contribution in [3.05, 3.63) is 48.3 Å². The topological polar surface area (TPSA) is 82.8 Å². The Kier molecular flexibility index (Phi) is 3.97. The van der Waals surface area contributed by atoms with Gasteiger partial charge in [-0.1, -0.05) is 17.9 Å². The highest BCUT2D eigenvalue weighted by atomic mass is 16.5. The Bertz CT molecular complexity index is 579. The number of carbonyl (C=O) groups is 1. The Morgan fingerprint density at radius 3 is 2.89 bits per heavy atom. The second-order valence-electron chi connectivity index (χ2n) is 3.73. The maximum atomic E-state index is 11.7. The van der Waals surface area contributed by atoms with Crippen molar-refractivity contribution in [2.24, 2.45) is 0 Å². The molecule has 0 aliphatic heterocycles. The highest BCUT2D eigenvalue weighted by Gasteiger charge is 2.17. The minimum Gasteiger partial charge on any atom is -0.457 e. The van der Waals surface area contributed by atoms with Gasteiger partial charge in [-0.25, -0.2) is 19.4 Å². The van der Waals surface area contributed by atoms with Crippen molar-refractivity contribution in [1.29, 1.82) is 0 Å². The molecule has 0 radical (unpaired) electrons. The van der Waals surface area contributed by atoms with Crippen LogP contribution in [0.15, 0.2) is 31.1 Å². The quantitative estimate of drug-likeness (QED) is 0.582. The molecule has 2 heterocycles. The average Bonchev–Trinajstić information content (AvgIpc) is 2.79. The first-order chi connectivity index (χ1) is 9.22. The predicted molar refractivity (Wildman–Crippen MR) is 66.4 cm³/mol. The molecule has 0 spiro atoms. The molecule has 0 amide bonds. The first kappa shape index (κ1) is 12.9. The van der Waals surface area contributed by atoms with Gasteiger partial charge in [0.1, 0.15) is 19.0 Å². The Morgan fingerprint density at radius 1 is 1.47 bits per heavy atom. The lowest BCUT2D eigenvalue weighted by Gasteiger charge is -2.02. The molecule has 0 saturated heterocycles. The maximum Gasteiger partial charge on any atom is 0.361 e. The fourth-order valence-electron chi connectivity index (χ4n) is 1.45. The first-order valence-electron chi connectivity index (χ1n) is 5.66. The van der Waals surface area contributed by atoms with Crippen LogP contribution in [0.3, 0.4) is 0 Å². The van der Waals surface area contributed by atoms with E-state index in [0.29, 0.717) is 18.1 Å². The van der Waals surface area contributed by atoms with Crippen molar-refractivity contribution >= 4 is 5.97 Å². The van der Waals surface area contributed by atoms with Gasteiger partial charge >= 0.3 is 5.97 Å². The first-order valence-corrected chi connectivity index (χ1v) is 5.66. The molecule has 0 atom stereocenters. The molecule has 0 aliphatic rings. The highest BCUT2D eigenvalue weighted by Crippen LogP contribution is 2.07. The van der Waals surface area contributed by atoms with Gasteiger partial charge in [0, 0.05) is 12.4 Å². The van der Waals surface area contributed by atoms with Gasteiger partial charge in [-0.2, -0.15) is 0 Å². The Hall–Kier alpha value is -2.57. The van der Waals surface area contributed by atoms with Crippen LogP contribution in [-0.4, -0.2) is 37.5 Å². The van der Waals surface area contributed by atoms with Crippen LogP contribution in [0.25, 0.3) is 0 Å². The van der Waals surface area contributed by atoms with Crippen molar-refractivity contribution in [2.75, 3.05) is 6.61 Å². The summed E-state index contributed by atoms with van der Waals surface area (Å²) in [6, 6.07) is 1.73. The van der Waals surface area contributed by atoms with Crippen LogP contribution >= 0.6 is 0 Å². The van der Waals surface area contributed by atoms with E-state index >= 15 is 0 Å². The molecule has 0 fully saturated rings. The van der Waals surface area contributed by atoms with E-state index in [1.807, 2.05) is 0 Å². The maximum absolute atomic E-state index is 11.7. The molecule has 7 heteroatoms. The molecule has 0 aliphatic carbocycles. The van der Waals surface area contributed by atoms with Crippen LogP contribution in [0.2, 0.25) is 0 Å². The van der Waals surface area contributed by atoms with Gasteiger partial charge in [0.2, 0.25) is 0 Å². The van der Waals surface area contributed by atoms with Crippen LogP contribution in [0, 0.1) is 6.92 Å². The van der Waals surface area contributed by atoms with E-state index in [2.05, 4.69) is 26.9 Å². The Labute approximate surface area is 109 Å². The summed E-state index contributed by atoms with van der Waals surface area (Å²) in [4.78, 5) is 19.9. The van der Waals surface area contributed by atoms with E-state index in [9.17, 15) is 4.79 Å². The molecular weight excluding hydrogens is 246 g/mol. The average molecular weight is 259 g/mol. The summed E-state index contributed by atoms with van der Waals surface area (Å²) < 4.78 is 6.47. The molecule has 2 aromatic heterocycles. The zero-order valence-corrected chi connectivity index (χ0v) is 10.5. The van der Waals surface area contributed by atoms with E-state index in [1.54, 1.807) is 30.1 Å². The number of rotatable bonds is 5. The second-order valence-corrected chi connectivity index (χ2v) is 3.73. The summed E-state index contributed by atoms with van der Waals surface area (Å²) in [6.07, 6.45) is 4.79. The smallest absolute Gasteiger partial charge is 0.361 e. The number of nitrogens with zero attached hydrogens (tertiary/aromatic N) is 5. The van der Waals surface area contributed by atoms with Crippen molar-refractivity contribution in [3.63, 3.8) is 0 Å². The molecule has 0 bridgehead atoms. The second kappa shape index (κ2) is 5.85. The fraction of sp³-hybridized carbons (Fsp3) is 0.250. The van der Waals surface area contributed by atoms with Crippen LogP contribution < -0.4 is 0 Å². The van der Waals surface area contributed by atoms with Gasteiger partial charge in [0.25, 0.3) is 0 Å². The molecule has 7 nitrogen and oxygen atoms in total. The third-order valence-electron chi connectivity index (χ3n) is 2.42. The number of esters is 1. The van der Waals surface area contributed by atoms with E-state index in [4.69, 9.17) is 4.74 Å². The third-order valence-corrected chi connectivity index (χ3v) is 2.42. The van der Waals surface area contributed by atoms with Gasteiger partial charge in [0.15, 0.2) is 5.69 Å². The molecule has 0 aromatic carbocycles. The monoisotopic (exact) mass is 259 g/mol. The Morgan fingerprint density at radius 2 is 2.21 bits per heavy atom. The summed E-state index contributed by atoms with van der Waals surface area (Å²) in [7, 11) is 0. The largest absolute Gasteiger partial charge is 0.457 e. The molecule has 0 N–H and O–H groups in total. The summed E-state index contributed by atoms with van der Waals surface area (Å²) >= 11 is 0. The highest BCUT2D eigenvalue weighted by molar-refractivity contribution is 5.88. The van der Waals surface area contributed by atoms with E-state index in [0.717, 1.165) is 0 Å². The summed E-state index contributed by atoms with van der Waals surface area (Å²) in [5.41, 5.74) is 0.805. The predicted octanol–water partition coefficient (Wildman–Crippen LogP) is 0.768. The molecule has 98 valence electrons. The van der Waals surface area contributed by atoms with Crippen molar-refractivity contribution in [3.8, 4) is 0 Å². The molecule has 19 heavy (non-hydrogen) atoms. The zero-order valence-electron chi connectivity index (χ0n) is 10.5. The zero-order chi connectivity index (χ0) is 13.7. The van der Waals surface area contributed by atoms with Gasteiger partial charge in [0.05, 0.1) is 5.69 Å². The van der Waals surface area contributed by atoms with E-state index < -0.39 is 5.97 Å². The Balaban J connectivity index is 2.14. The lowest BCUT2D eigenvalue weighted by Crippen LogP contribution is -2.10.